The van der Waals surface area contributed by atoms with Crippen LogP contribution < -0.4 is 21.2 Å². The molecule has 1 aromatic heterocycles. The van der Waals surface area contributed by atoms with Crippen LogP contribution in [0.2, 0.25) is 0 Å². The van der Waals surface area contributed by atoms with Crippen LogP contribution in [-0.2, 0) is 23.6 Å². The average molecular weight is 466 g/mol. The van der Waals surface area contributed by atoms with E-state index in [0.717, 1.165) is 28.0 Å². The van der Waals surface area contributed by atoms with Crippen LogP contribution in [0.25, 0.3) is 11.0 Å². The van der Waals surface area contributed by atoms with E-state index in [0.29, 0.717) is 38.2 Å². The molecule has 0 atom stereocenters. The Bertz CT molecular complexity index is 1280. The van der Waals surface area contributed by atoms with E-state index in [4.69, 9.17) is 4.74 Å². The van der Waals surface area contributed by atoms with Gasteiger partial charge in [-0.3, -0.25) is 13.9 Å². The number of nitrogens with zero attached hydrogens (tertiary/aromatic N) is 3. The van der Waals surface area contributed by atoms with Gasteiger partial charge in [-0.05, 0) is 50.5 Å². The number of aromatic nitrogens is 2. The summed E-state index contributed by atoms with van der Waals surface area (Å²) < 4.78 is 8.36. The number of ether oxygens (including phenoxy) is 1. The predicted molar refractivity (Wildman–Crippen MR) is 134 cm³/mol. The molecule has 2 amide bonds. The lowest BCUT2D eigenvalue weighted by atomic mass is 9.96. The topological polar surface area (TPSA) is 97.6 Å². The molecule has 0 aliphatic carbocycles. The van der Waals surface area contributed by atoms with Gasteiger partial charge in [0.25, 0.3) is 0 Å². The SMILES string of the molecule is CCOC(=O)C1CCN(c2cc3c(cc2NC(=O)Nc2ccccc2C)n(C)c(=O)n3C)CC1. The third-order valence-corrected chi connectivity index (χ3v) is 6.49. The molecule has 9 nitrogen and oxygen atoms in total. The Hall–Kier alpha value is -3.75. The van der Waals surface area contributed by atoms with Gasteiger partial charge < -0.3 is 20.3 Å². The highest BCUT2D eigenvalue weighted by atomic mass is 16.5. The molecule has 0 unspecified atom stereocenters. The van der Waals surface area contributed by atoms with Gasteiger partial charge >= 0.3 is 17.7 Å². The van der Waals surface area contributed by atoms with Crippen molar-refractivity contribution >= 4 is 40.1 Å². The number of carbonyl (C=O) groups excluding carboxylic acids is 2. The van der Waals surface area contributed by atoms with Crippen molar-refractivity contribution in [2.75, 3.05) is 35.2 Å². The normalized spacial score (nSPS) is 14.3. The molecular formula is C25H31N5O4. The van der Waals surface area contributed by atoms with E-state index in [1.54, 1.807) is 23.2 Å². The second-order valence-electron chi connectivity index (χ2n) is 8.67. The summed E-state index contributed by atoms with van der Waals surface area (Å²) in [7, 11) is 3.45. The number of aryl methyl sites for hydroxylation is 3. The molecule has 180 valence electrons. The molecule has 1 saturated heterocycles. The lowest BCUT2D eigenvalue weighted by molar-refractivity contribution is -0.148. The Morgan fingerprint density at radius 2 is 1.62 bits per heavy atom. The first-order valence-electron chi connectivity index (χ1n) is 11.5. The standard InChI is InChI=1S/C25H31N5O4/c1-5-34-23(31)17-10-12-30(13-11-17)20-15-22-21(28(3)25(33)29(22)4)14-19(20)27-24(32)26-18-9-7-6-8-16(18)2/h6-9,14-15,17H,5,10-13H2,1-4H3,(H2,26,27,32). The molecule has 2 heterocycles. The minimum atomic E-state index is -0.364. The van der Waals surface area contributed by atoms with Gasteiger partial charge in [-0.2, -0.15) is 0 Å². The number of urea groups is 1. The molecular weight excluding hydrogens is 434 g/mol. The fourth-order valence-corrected chi connectivity index (χ4v) is 4.50. The molecule has 1 aliphatic rings. The average Bonchev–Trinajstić information content (AvgIpc) is 3.03. The number of amides is 2. The molecule has 0 bridgehead atoms. The minimum absolute atomic E-state index is 0.123. The molecule has 2 N–H and O–H groups in total. The predicted octanol–water partition coefficient (Wildman–Crippen LogP) is 3.61. The van der Waals surface area contributed by atoms with Gasteiger partial charge in [-0.15, -0.1) is 0 Å². The largest absolute Gasteiger partial charge is 0.466 e. The molecule has 9 heteroatoms. The number of rotatable bonds is 5. The summed E-state index contributed by atoms with van der Waals surface area (Å²) in [6.07, 6.45) is 1.33. The number of imidazole rings is 1. The fourth-order valence-electron chi connectivity index (χ4n) is 4.50. The highest BCUT2D eigenvalue weighted by Gasteiger charge is 2.28. The van der Waals surface area contributed by atoms with E-state index >= 15 is 0 Å². The van der Waals surface area contributed by atoms with Gasteiger partial charge in [-0.1, -0.05) is 18.2 Å². The Labute approximate surface area is 198 Å². The Morgan fingerprint density at radius 3 is 2.26 bits per heavy atom. The first kappa shape index (κ1) is 23.4. The molecule has 0 saturated carbocycles. The number of carbonyl (C=O) groups is 2. The Balaban J connectivity index is 1.65. The maximum atomic E-state index is 12.9. The van der Waals surface area contributed by atoms with Gasteiger partial charge in [0.15, 0.2) is 0 Å². The number of hydrogen-bond donors (Lipinski definition) is 2. The number of fused-ring (bicyclic) bond motifs is 1. The summed E-state index contributed by atoms with van der Waals surface area (Å²) in [6, 6.07) is 11.0. The van der Waals surface area contributed by atoms with Gasteiger partial charge in [0, 0.05) is 32.9 Å². The third-order valence-electron chi connectivity index (χ3n) is 6.49. The molecule has 0 radical (unpaired) electrons. The molecule has 4 rings (SSSR count). The van der Waals surface area contributed by atoms with Crippen molar-refractivity contribution in [3.63, 3.8) is 0 Å². The summed E-state index contributed by atoms with van der Waals surface area (Å²) in [5, 5.41) is 5.88. The Kier molecular flexibility index (Phi) is 6.63. The first-order valence-corrected chi connectivity index (χ1v) is 11.5. The number of para-hydroxylation sites is 1. The Morgan fingerprint density at radius 1 is 1.00 bits per heavy atom. The van der Waals surface area contributed by atoms with Crippen LogP contribution in [0.15, 0.2) is 41.2 Å². The van der Waals surface area contributed by atoms with Crippen LogP contribution in [0, 0.1) is 12.8 Å². The van der Waals surface area contributed by atoms with Crippen LogP contribution in [0.4, 0.5) is 21.9 Å². The summed E-state index contributed by atoms with van der Waals surface area (Å²) in [5.41, 5.74) is 4.47. The van der Waals surface area contributed by atoms with Crippen molar-refractivity contribution in [3.8, 4) is 0 Å². The number of anilines is 3. The van der Waals surface area contributed by atoms with Gasteiger partial charge in [0.05, 0.1) is 34.9 Å². The van der Waals surface area contributed by atoms with Crippen molar-refractivity contribution in [1.29, 1.82) is 0 Å². The molecule has 3 aromatic rings. The summed E-state index contributed by atoms with van der Waals surface area (Å²) in [5.74, 6) is -0.277. The third kappa shape index (κ3) is 4.50. The van der Waals surface area contributed by atoms with Crippen molar-refractivity contribution in [2.45, 2.75) is 26.7 Å². The monoisotopic (exact) mass is 465 g/mol. The molecule has 1 fully saturated rings. The smallest absolute Gasteiger partial charge is 0.328 e. The quantitative estimate of drug-likeness (QED) is 0.561. The number of hydrogen-bond acceptors (Lipinski definition) is 5. The van der Waals surface area contributed by atoms with Gasteiger partial charge in [-0.25, -0.2) is 9.59 Å². The molecule has 0 spiro atoms. The summed E-state index contributed by atoms with van der Waals surface area (Å²) in [6.45, 7) is 5.41. The van der Waals surface area contributed by atoms with Crippen molar-refractivity contribution < 1.29 is 14.3 Å². The zero-order valence-corrected chi connectivity index (χ0v) is 20.1. The second kappa shape index (κ2) is 9.62. The van der Waals surface area contributed by atoms with Crippen molar-refractivity contribution in [1.82, 2.24) is 9.13 Å². The lowest BCUT2D eigenvalue weighted by Gasteiger charge is -2.34. The van der Waals surface area contributed by atoms with E-state index in [1.807, 2.05) is 50.2 Å². The number of benzene rings is 2. The van der Waals surface area contributed by atoms with Crippen LogP contribution in [-0.4, -0.2) is 40.8 Å². The minimum Gasteiger partial charge on any atom is -0.466 e. The zero-order chi connectivity index (χ0) is 24.4. The summed E-state index contributed by atoms with van der Waals surface area (Å²) >= 11 is 0. The highest BCUT2D eigenvalue weighted by molar-refractivity contribution is 6.04. The summed E-state index contributed by atoms with van der Waals surface area (Å²) in [4.78, 5) is 39.7. The van der Waals surface area contributed by atoms with Gasteiger partial charge in [0.2, 0.25) is 0 Å². The zero-order valence-electron chi connectivity index (χ0n) is 20.1. The van der Waals surface area contributed by atoms with Crippen molar-refractivity contribution in [3.05, 3.63) is 52.4 Å². The van der Waals surface area contributed by atoms with Crippen LogP contribution in [0.5, 0.6) is 0 Å². The maximum Gasteiger partial charge on any atom is 0.328 e. The van der Waals surface area contributed by atoms with Gasteiger partial charge in [0.1, 0.15) is 0 Å². The van der Waals surface area contributed by atoms with E-state index in [-0.39, 0.29) is 23.6 Å². The number of piperidine rings is 1. The fraction of sp³-hybridized carbons (Fsp3) is 0.400. The van der Waals surface area contributed by atoms with E-state index in [2.05, 4.69) is 15.5 Å². The second-order valence-corrected chi connectivity index (χ2v) is 8.67. The lowest BCUT2D eigenvalue weighted by Crippen LogP contribution is -2.37. The van der Waals surface area contributed by atoms with Crippen LogP contribution >= 0.6 is 0 Å². The number of nitrogens with one attached hydrogen (secondary N) is 2. The van der Waals surface area contributed by atoms with Crippen LogP contribution in [0.3, 0.4) is 0 Å². The first-order chi connectivity index (χ1) is 16.3. The van der Waals surface area contributed by atoms with Crippen molar-refractivity contribution in [2.24, 2.45) is 20.0 Å². The number of esters is 1. The highest BCUT2D eigenvalue weighted by Crippen LogP contribution is 2.34. The van der Waals surface area contributed by atoms with E-state index in [9.17, 15) is 14.4 Å². The van der Waals surface area contributed by atoms with E-state index in [1.165, 1.54) is 0 Å². The maximum absolute atomic E-state index is 12.9. The van der Waals surface area contributed by atoms with E-state index < -0.39 is 0 Å². The van der Waals surface area contributed by atoms with Crippen LogP contribution in [0.1, 0.15) is 25.3 Å². The molecule has 1 aliphatic heterocycles. The molecule has 34 heavy (non-hydrogen) atoms. The molecule has 2 aromatic carbocycles.